The molecule has 9 heteroatoms. The highest BCUT2D eigenvalue weighted by molar-refractivity contribution is 6.02. The second-order valence-corrected chi connectivity index (χ2v) is 8.83. The van der Waals surface area contributed by atoms with E-state index in [1.54, 1.807) is 35.2 Å². The Labute approximate surface area is 207 Å². The summed E-state index contributed by atoms with van der Waals surface area (Å²) < 4.78 is 31.5. The summed E-state index contributed by atoms with van der Waals surface area (Å²) in [6, 6.07) is 13.9. The van der Waals surface area contributed by atoms with Gasteiger partial charge in [-0.2, -0.15) is 0 Å². The summed E-state index contributed by atoms with van der Waals surface area (Å²) in [5.41, 5.74) is 3.44. The van der Waals surface area contributed by atoms with Crippen molar-refractivity contribution in [3.63, 3.8) is 0 Å². The molecule has 0 unspecified atom stereocenters. The molecular formula is C27H25F2N3O4. The zero-order chi connectivity index (χ0) is 26.0. The number of halogens is 2. The summed E-state index contributed by atoms with van der Waals surface area (Å²) in [7, 11) is 1.31. The highest BCUT2D eigenvalue weighted by Gasteiger charge is 2.38. The molecule has 186 valence electrons. The van der Waals surface area contributed by atoms with Crippen LogP contribution in [0.4, 0.5) is 25.0 Å². The topological polar surface area (TPSA) is 87.7 Å². The van der Waals surface area contributed by atoms with E-state index in [-0.39, 0.29) is 17.5 Å². The van der Waals surface area contributed by atoms with E-state index in [0.29, 0.717) is 23.9 Å². The van der Waals surface area contributed by atoms with Gasteiger partial charge in [-0.1, -0.05) is 38.1 Å². The number of esters is 1. The molecule has 0 fully saturated rings. The molecule has 0 bridgehead atoms. The number of urea groups is 1. The number of ether oxygens (including phenoxy) is 1. The Morgan fingerprint density at radius 1 is 0.889 bits per heavy atom. The van der Waals surface area contributed by atoms with Crippen LogP contribution in [0.5, 0.6) is 0 Å². The van der Waals surface area contributed by atoms with Crippen LogP contribution in [0.15, 0.2) is 60.7 Å². The molecule has 7 nitrogen and oxygen atoms in total. The van der Waals surface area contributed by atoms with Crippen LogP contribution in [-0.4, -0.2) is 36.0 Å². The van der Waals surface area contributed by atoms with Crippen molar-refractivity contribution in [2.24, 2.45) is 5.92 Å². The highest BCUT2D eigenvalue weighted by atomic mass is 19.1. The Morgan fingerprint density at radius 2 is 1.50 bits per heavy atom. The van der Waals surface area contributed by atoms with E-state index in [9.17, 15) is 23.2 Å². The van der Waals surface area contributed by atoms with Gasteiger partial charge in [0.25, 0.3) is 5.91 Å². The van der Waals surface area contributed by atoms with Gasteiger partial charge >= 0.3 is 12.0 Å². The fourth-order valence-corrected chi connectivity index (χ4v) is 4.27. The zero-order valence-electron chi connectivity index (χ0n) is 20.0. The summed E-state index contributed by atoms with van der Waals surface area (Å²) in [6.45, 7) is 4.07. The average Bonchev–Trinajstić information content (AvgIpc) is 3.14. The molecule has 0 saturated heterocycles. The third-order valence-corrected chi connectivity index (χ3v) is 5.95. The lowest BCUT2D eigenvalue weighted by molar-refractivity contribution is -0.147. The zero-order valence-corrected chi connectivity index (χ0v) is 20.0. The maximum absolute atomic E-state index is 13.3. The van der Waals surface area contributed by atoms with Crippen LogP contribution >= 0.6 is 0 Å². The van der Waals surface area contributed by atoms with Crippen LogP contribution in [0, 0.1) is 17.6 Å². The van der Waals surface area contributed by atoms with E-state index in [1.807, 2.05) is 26.0 Å². The number of anilines is 2. The molecule has 2 N–H and O–H groups in total. The van der Waals surface area contributed by atoms with Crippen molar-refractivity contribution in [2.45, 2.75) is 26.4 Å². The molecule has 4 rings (SSSR count). The summed E-state index contributed by atoms with van der Waals surface area (Å²) in [6.07, 6.45) is 0. The lowest BCUT2D eigenvalue weighted by atomic mass is 10.00. The van der Waals surface area contributed by atoms with Gasteiger partial charge in [-0.15, -0.1) is 0 Å². The predicted molar refractivity (Wildman–Crippen MR) is 131 cm³/mol. The van der Waals surface area contributed by atoms with E-state index in [1.165, 1.54) is 7.11 Å². The Morgan fingerprint density at radius 3 is 2.11 bits per heavy atom. The van der Waals surface area contributed by atoms with Crippen molar-refractivity contribution in [2.75, 3.05) is 17.7 Å². The minimum atomic E-state index is -0.796. The number of carbonyl (C=O) groups excluding carboxylic acids is 3. The molecule has 1 aliphatic rings. The van der Waals surface area contributed by atoms with Gasteiger partial charge in [-0.05, 0) is 52.9 Å². The van der Waals surface area contributed by atoms with Gasteiger partial charge in [0, 0.05) is 29.5 Å². The minimum absolute atomic E-state index is 0.00891. The first-order valence-corrected chi connectivity index (χ1v) is 11.3. The average molecular weight is 494 g/mol. The molecule has 36 heavy (non-hydrogen) atoms. The van der Waals surface area contributed by atoms with E-state index in [4.69, 9.17) is 4.74 Å². The van der Waals surface area contributed by atoms with Gasteiger partial charge < -0.3 is 20.3 Å². The van der Waals surface area contributed by atoms with Crippen LogP contribution in [-0.2, 0) is 16.1 Å². The Balaban J connectivity index is 1.47. The standard InChI is InChI=1S/C27H25F2N3O4/c1-15(2)24(26(34)36-3)32-14-18-5-4-17(10-23(18)25(32)33)16-6-8-21(9-7-16)30-27(35)31-22-12-19(28)11-20(29)13-22/h4-13,15,24H,14H2,1-3H3,(H2,30,31,35)/t24-/m0/s1. The number of carbonyl (C=O) groups is 3. The SMILES string of the molecule is COC(=O)[C@H](C(C)C)N1Cc2ccc(-c3ccc(NC(=O)Nc4cc(F)cc(F)c4)cc3)cc2C1=O. The molecule has 3 amide bonds. The highest BCUT2D eigenvalue weighted by Crippen LogP contribution is 2.32. The van der Waals surface area contributed by atoms with E-state index >= 15 is 0 Å². The van der Waals surface area contributed by atoms with Crippen molar-refractivity contribution in [1.29, 1.82) is 0 Å². The lowest BCUT2D eigenvalue weighted by Crippen LogP contribution is -2.45. The number of benzene rings is 3. The summed E-state index contributed by atoms with van der Waals surface area (Å²) in [5, 5.41) is 4.98. The van der Waals surface area contributed by atoms with E-state index in [0.717, 1.165) is 28.8 Å². The molecule has 0 spiro atoms. The number of nitrogens with one attached hydrogen (secondary N) is 2. The molecule has 0 aliphatic carbocycles. The maximum atomic E-state index is 13.3. The third kappa shape index (κ3) is 5.19. The number of amides is 3. The lowest BCUT2D eigenvalue weighted by Gasteiger charge is -2.28. The van der Waals surface area contributed by atoms with Gasteiger partial charge in [0.05, 0.1) is 7.11 Å². The molecule has 1 atom stereocenters. The van der Waals surface area contributed by atoms with Gasteiger partial charge in [0.1, 0.15) is 17.7 Å². The van der Waals surface area contributed by atoms with Crippen LogP contribution in [0.25, 0.3) is 11.1 Å². The number of hydrogen-bond acceptors (Lipinski definition) is 4. The fraction of sp³-hybridized carbons (Fsp3) is 0.222. The van der Waals surface area contributed by atoms with Gasteiger partial charge in [-0.25, -0.2) is 18.4 Å². The molecule has 1 aliphatic heterocycles. The third-order valence-electron chi connectivity index (χ3n) is 5.95. The normalized spacial score (nSPS) is 13.4. The second kappa shape index (κ2) is 10.2. The van der Waals surface area contributed by atoms with Crippen molar-refractivity contribution < 1.29 is 27.9 Å². The van der Waals surface area contributed by atoms with Crippen LogP contribution < -0.4 is 10.6 Å². The van der Waals surface area contributed by atoms with Crippen molar-refractivity contribution >= 4 is 29.3 Å². The number of rotatable bonds is 6. The number of methoxy groups -OCH3 is 1. The first-order valence-electron chi connectivity index (χ1n) is 11.3. The predicted octanol–water partition coefficient (Wildman–Crippen LogP) is 5.43. The molecule has 3 aromatic carbocycles. The Bertz CT molecular complexity index is 1300. The van der Waals surface area contributed by atoms with E-state index in [2.05, 4.69) is 10.6 Å². The smallest absolute Gasteiger partial charge is 0.328 e. The van der Waals surface area contributed by atoms with Gasteiger partial charge in [0.2, 0.25) is 0 Å². The summed E-state index contributed by atoms with van der Waals surface area (Å²) in [5.74, 6) is -2.36. The summed E-state index contributed by atoms with van der Waals surface area (Å²) in [4.78, 5) is 39.1. The Kier molecular flexibility index (Phi) is 7.00. The second-order valence-electron chi connectivity index (χ2n) is 8.83. The van der Waals surface area contributed by atoms with Crippen LogP contribution in [0.2, 0.25) is 0 Å². The molecular weight excluding hydrogens is 468 g/mol. The fourth-order valence-electron chi connectivity index (χ4n) is 4.27. The maximum Gasteiger partial charge on any atom is 0.328 e. The molecule has 3 aromatic rings. The quantitative estimate of drug-likeness (QED) is 0.449. The first kappa shape index (κ1) is 24.8. The van der Waals surface area contributed by atoms with Gasteiger partial charge in [-0.3, -0.25) is 4.79 Å². The molecule has 1 heterocycles. The molecule has 0 radical (unpaired) electrons. The Hall–Kier alpha value is -4.27. The van der Waals surface area contributed by atoms with E-state index < -0.39 is 29.7 Å². The molecule has 0 saturated carbocycles. The summed E-state index contributed by atoms with van der Waals surface area (Å²) >= 11 is 0. The van der Waals surface area contributed by atoms with Crippen molar-refractivity contribution in [3.8, 4) is 11.1 Å². The van der Waals surface area contributed by atoms with Crippen molar-refractivity contribution in [1.82, 2.24) is 4.90 Å². The first-order chi connectivity index (χ1) is 17.2. The molecule has 0 aromatic heterocycles. The minimum Gasteiger partial charge on any atom is -0.467 e. The number of nitrogens with zero attached hydrogens (tertiary/aromatic N) is 1. The van der Waals surface area contributed by atoms with Gasteiger partial charge in [0.15, 0.2) is 0 Å². The van der Waals surface area contributed by atoms with Crippen molar-refractivity contribution in [3.05, 3.63) is 83.4 Å². The number of fused-ring (bicyclic) bond motifs is 1. The van der Waals surface area contributed by atoms with Crippen LogP contribution in [0.3, 0.4) is 0 Å². The monoisotopic (exact) mass is 493 g/mol. The largest absolute Gasteiger partial charge is 0.467 e. The van der Waals surface area contributed by atoms with Crippen LogP contribution in [0.1, 0.15) is 29.8 Å². The number of hydrogen-bond donors (Lipinski definition) is 2.